The third-order valence-electron chi connectivity index (χ3n) is 3.33. The Kier molecular flexibility index (Phi) is 6.29. The summed E-state index contributed by atoms with van der Waals surface area (Å²) in [6.45, 7) is 1.48. The standard InChI is InChI=1S/C15H15F3N4O4S2/c1-2-27(23)12-7-9(15(16,17)18)8-21-13(12)14(20)22-26-28(24,25)11-5-3-10(19)4-6-11/h3-8H,2,19H2,1H3,(H2,20,22)/t27-/m1/s1. The Bertz CT molecular complexity index is 1020. The Morgan fingerprint density at radius 3 is 2.43 bits per heavy atom. The number of nitrogens with zero attached hydrogens (tertiary/aromatic N) is 2. The highest BCUT2D eigenvalue weighted by atomic mass is 32.2. The maximum Gasteiger partial charge on any atom is 0.417 e. The lowest BCUT2D eigenvalue weighted by Gasteiger charge is -2.11. The predicted molar refractivity (Wildman–Crippen MR) is 96.0 cm³/mol. The molecule has 0 saturated heterocycles. The van der Waals surface area contributed by atoms with Crippen LogP contribution in [-0.2, 0) is 31.4 Å². The summed E-state index contributed by atoms with van der Waals surface area (Å²) in [6.07, 6.45) is -4.23. The number of aromatic nitrogens is 1. The molecule has 1 aromatic heterocycles. The second-order valence-electron chi connectivity index (χ2n) is 5.28. The van der Waals surface area contributed by atoms with E-state index in [1.165, 1.54) is 31.2 Å². The summed E-state index contributed by atoms with van der Waals surface area (Å²) in [7, 11) is -6.23. The molecule has 28 heavy (non-hydrogen) atoms. The molecule has 152 valence electrons. The maximum atomic E-state index is 12.9. The highest BCUT2D eigenvalue weighted by Crippen LogP contribution is 2.30. The van der Waals surface area contributed by atoms with Crippen molar-refractivity contribution in [1.82, 2.24) is 4.98 Å². The number of rotatable bonds is 6. The summed E-state index contributed by atoms with van der Waals surface area (Å²) in [6, 6.07) is 5.61. The number of amidine groups is 1. The van der Waals surface area contributed by atoms with Crippen LogP contribution in [0.1, 0.15) is 18.2 Å². The molecule has 4 N–H and O–H groups in total. The molecule has 13 heteroatoms. The molecule has 8 nitrogen and oxygen atoms in total. The van der Waals surface area contributed by atoms with Crippen LogP contribution in [-0.4, -0.2) is 29.2 Å². The first-order chi connectivity index (χ1) is 13.0. The average molecular weight is 436 g/mol. The molecule has 0 aliphatic rings. The molecular formula is C15H15F3N4O4S2. The van der Waals surface area contributed by atoms with Crippen LogP contribution in [0.5, 0.6) is 0 Å². The molecule has 2 rings (SSSR count). The Balaban J connectivity index is 2.40. The molecule has 0 aliphatic carbocycles. The third kappa shape index (κ3) is 4.98. The van der Waals surface area contributed by atoms with E-state index < -0.39 is 38.5 Å². The first kappa shape index (κ1) is 21.6. The molecule has 1 atom stereocenters. The normalized spacial score (nSPS) is 13.9. The summed E-state index contributed by atoms with van der Waals surface area (Å²) in [4.78, 5) is 2.93. The molecular weight excluding hydrogens is 421 g/mol. The Morgan fingerprint density at radius 1 is 1.29 bits per heavy atom. The van der Waals surface area contributed by atoms with E-state index in [-0.39, 0.29) is 21.2 Å². The fourth-order valence-electron chi connectivity index (χ4n) is 1.93. The molecule has 0 bridgehead atoms. The number of benzene rings is 1. The number of halogens is 3. The second-order valence-corrected chi connectivity index (χ2v) is 8.51. The molecule has 0 unspecified atom stereocenters. The van der Waals surface area contributed by atoms with Crippen LogP contribution < -0.4 is 11.5 Å². The van der Waals surface area contributed by atoms with Gasteiger partial charge >= 0.3 is 16.3 Å². The molecule has 0 saturated carbocycles. The van der Waals surface area contributed by atoms with Gasteiger partial charge < -0.3 is 11.5 Å². The largest absolute Gasteiger partial charge is 0.417 e. The van der Waals surface area contributed by atoms with Crippen LogP contribution in [0.25, 0.3) is 0 Å². The van der Waals surface area contributed by atoms with Crippen molar-refractivity contribution in [2.45, 2.75) is 22.9 Å². The maximum absolute atomic E-state index is 12.9. The predicted octanol–water partition coefficient (Wildman–Crippen LogP) is 1.84. The van der Waals surface area contributed by atoms with Gasteiger partial charge in [0.15, 0.2) is 5.84 Å². The van der Waals surface area contributed by atoms with Crippen molar-refractivity contribution >= 4 is 32.4 Å². The molecule has 0 amide bonds. The topological polar surface area (TPSA) is 138 Å². The monoisotopic (exact) mass is 436 g/mol. The van der Waals surface area contributed by atoms with Crippen LogP contribution in [0.2, 0.25) is 0 Å². The van der Waals surface area contributed by atoms with E-state index >= 15 is 0 Å². The number of nitrogen functional groups attached to an aromatic ring is 1. The van der Waals surface area contributed by atoms with Crippen molar-refractivity contribution in [3.8, 4) is 0 Å². The average Bonchev–Trinajstić information content (AvgIpc) is 2.64. The first-order valence-electron chi connectivity index (χ1n) is 7.54. The van der Waals surface area contributed by atoms with E-state index in [0.29, 0.717) is 18.0 Å². The van der Waals surface area contributed by atoms with Crippen molar-refractivity contribution in [2.24, 2.45) is 10.9 Å². The quantitative estimate of drug-likeness (QED) is 0.305. The molecule has 2 aromatic rings. The van der Waals surface area contributed by atoms with E-state index in [1.54, 1.807) is 0 Å². The minimum Gasteiger partial charge on any atom is -0.399 e. The summed E-state index contributed by atoms with van der Waals surface area (Å²) in [5.74, 6) is -0.669. The van der Waals surface area contributed by atoms with Crippen molar-refractivity contribution in [2.75, 3.05) is 11.5 Å². The van der Waals surface area contributed by atoms with Gasteiger partial charge in [-0.1, -0.05) is 6.92 Å². The third-order valence-corrected chi connectivity index (χ3v) is 5.78. The Labute approximate surface area is 161 Å². The van der Waals surface area contributed by atoms with Crippen molar-refractivity contribution in [3.05, 3.63) is 47.8 Å². The summed E-state index contributed by atoms with van der Waals surface area (Å²) in [5.41, 5.74) is 9.91. The van der Waals surface area contributed by atoms with E-state index in [4.69, 9.17) is 11.5 Å². The van der Waals surface area contributed by atoms with Gasteiger partial charge in [0, 0.05) is 17.6 Å². The minimum atomic E-state index is -4.71. The van der Waals surface area contributed by atoms with Gasteiger partial charge in [-0.2, -0.15) is 21.6 Å². The lowest BCUT2D eigenvalue weighted by atomic mass is 10.2. The van der Waals surface area contributed by atoms with Crippen molar-refractivity contribution < 1.29 is 30.1 Å². The molecule has 0 fully saturated rings. The Morgan fingerprint density at radius 2 is 1.89 bits per heavy atom. The number of pyridine rings is 1. The van der Waals surface area contributed by atoms with E-state index in [1.807, 2.05) is 0 Å². The lowest BCUT2D eigenvalue weighted by molar-refractivity contribution is -0.138. The molecule has 0 spiro atoms. The van der Waals surface area contributed by atoms with Gasteiger partial charge in [0.1, 0.15) is 10.6 Å². The van der Waals surface area contributed by atoms with Gasteiger partial charge in [0.2, 0.25) is 0 Å². The van der Waals surface area contributed by atoms with Crippen LogP contribution >= 0.6 is 0 Å². The first-order valence-corrected chi connectivity index (χ1v) is 10.3. The summed E-state index contributed by atoms with van der Waals surface area (Å²) in [5, 5.41) is 3.23. The molecule has 1 heterocycles. The number of oxime groups is 1. The molecule has 0 radical (unpaired) electrons. The van der Waals surface area contributed by atoms with E-state index in [0.717, 1.165) is 0 Å². The zero-order chi connectivity index (χ0) is 21.1. The number of hydrogen-bond donors (Lipinski definition) is 2. The zero-order valence-electron chi connectivity index (χ0n) is 14.3. The fraction of sp³-hybridized carbons (Fsp3) is 0.200. The van der Waals surface area contributed by atoms with Gasteiger partial charge in [-0.05, 0) is 35.5 Å². The lowest BCUT2D eigenvalue weighted by Crippen LogP contribution is -2.21. The van der Waals surface area contributed by atoms with Gasteiger partial charge in [0.05, 0.1) is 21.3 Å². The number of hydrogen-bond acceptors (Lipinski definition) is 7. The summed E-state index contributed by atoms with van der Waals surface area (Å²) < 4.78 is 79.4. The van der Waals surface area contributed by atoms with Crippen LogP contribution in [0.4, 0.5) is 18.9 Å². The highest BCUT2D eigenvalue weighted by molar-refractivity contribution is 7.86. The second kappa shape index (κ2) is 8.14. The van der Waals surface area contributed by atoms with Crippen LogP contribution in [0.15, 0.2) is 51.5 Å². The van der Waals surface area contributed by atoms with Gasteiger partial charge in [-0.15, -0.1) is 0 Å². The van der Waals surface area contributed by atoms with Gasteiger partial charge in [-0.25, -0.2) is 0 Å². The van der Waals surface area contributed by atoms with Crippen molar-refractivity contribution in [3.63, 3.8) is 0 Å². The highest BCUT2D eigenvalue weighted by Gasteiger charge is 2.32. The molecule has 1 aromatic carbocycles. The number of anilines is 1. The smallest absolute Gasteiger partial charge is 0.399 e. The number of nitrogens with two attached hydrogens (primary N) is 2. The van der Waals surface area contributed by atoms with E-state index in [2.05, 4.69) is 14.4 Å². The zero-order valence-corrected chi connectivity index (χ0v) is 15.9. The van der Waals surface area contributed by atoms with Gasteiger partial charge in [0.25, 0.3) is 0 Å². The van der Waals surface area contributed by atoms with Crippen molar-refractivity contribution in [1.29, 1.82) is 0 Å². The molecule has 0 aliphatic heterocycles. The van der Waals surface area contributed by atoms with Crippen LogP contribution in [0, 0.1) is 0 Å². The van der Waals surface area contributed by atoms with E-state index in [9.17, 15) is 25.8 Å². The summed E-state index contributed by atoms with van der Waals surface area (Å²) >= 11 is 0. The SMILES string of the molecule is CC[S@@](=O)c1cc(C(F)(F)F)cnc1/C(N)=N/OS(=O)(=O)c1ccc(N)cc1. The van der Waals surface area contributed by atoms with Gasteiger partial charge in [-0.3, -0.25) is 13.5 Å². The fourth-order valence-corrected chi connectivity index (χ4v) is 3.61. The minimum absolute atomic E-state index is 0.0200. The van der Waals surface area contributed by atoms with Crippen LogP contribution in [0.3, 0.4) is 0 Å². The Hall–Kier alpha value is -2.67. The number of alkyl halides is 3.